The topological polar surface area (TPSA) is 24.5 Å². The summed E-state index contributed by atoms with van der Waals surface area (Å²) in [5, 5.41) is 3.59. The molecular weight excluding hydrogens is 260 g/mol. The maximum absolute atomic E-state index is 5.88. The standard InChI is InChI=1S/C18H30N2O/c1-5-21-16-12-8-7-11-15(16)17(19-2)18(20(3)4)13-9-6-10-14-18/h7-8,11-12,17,19H,5-6,9-10,13-14H2,1-4H3. The average Bonchev–Trinajstić information content (AvgIpc) is 2.51. The van der Waals surface area contributed by atoms with E-state index in [2.05, 4.69) is 55.6 Å². The Labute approximate surface area is 129 Å². The Kier molecular flexibility index (Phi) is 5.65. The Bertz CT molecular complexity index is 439. The van der Waals surface area contributed by atoms with Gasteiger partial charge in [0, 0.05) is 11.1 Å². The molecule has 118 valence electrons. The van der Waals surface area contributed by atoms with Crippen molar-refractivity contribution in [2.75, 3.05) is 27.7 Å². The van der Waals surface area contributed by atoms with E-state index in [1.54, 1.807) is 0 Å². The van der Waals surface area contributed by atoms with Gasteiger partial charge in [-0.3, -0.25) is 0 Å². The number of rotatable bonds is 6. The van der Waals surface area contributed by atoms with Crippen LogP contribution >= 0.6 is 0 Å². The Hall–Kier alpha value is -1.06. The van der Waals surface area contributed by atoms with Crippen molar-refractivity contribution in [3.8, 4) is 5.75 Å². The van der Waals surface area contributed by atoms with Gasteiger partial charge in [-0.05, 0) is 47.0 Å². The summed E-state index contributed by atoms with van der Waals surface area (Å²) >= 11 is 0. The molecule has 0 aromatic heterocycles. The Morgan fingerprint density at radius 2 is 1.86 bits per heavy atom. The van der Waals surface area contributed by atoms with Gasteiger partial charge in [0.25, 0.3) is 0 Å². The van der Waals surface area contributed by atoms with Gasteiger partial charge in [0.1, 0.15) is 5.75 Å². The fourth-order valence-corrected chi connectivity index (χ4v) is 3.88. The first-order valence-corrected chi connectivity index (χ1v) is 8.22. The van der Waals surface area contributed by atoms with Crippen molar-refractivity contribution in [3.63, 3.8) is 0 Å². The average molecular weight is 290 g/mol. The predicted molar refractivity (Wildman–Crippen MR) is 88.9 cm³/mol. The maximum atomic E-state index is 5.88. The van der Waals surface area contributed by atoms with E-state index >= 15 is 0 Å². The number of hydrogen-bond donors (Lipinski definition) is 1. The number of nitrogens with one attached hydrogen (secondary N) is 1. The van der Waals surface area contributed by atoms with E-state index in [-0.39, 0.29) is 5.54 Å². The van der Waals surface area contributed by atoms with Gasteiger partial charge in [0.15, 0.2) is 0 Å². The molecule has 3 heteroatoms. The summed E-state index contributed by atoms with van der Waals surface area (Å²) in [5.41, 5.74) is 1.47. The number of likely N-dealkylation sites (N-methyl/N-ethyl adjacent to an activating group) is 2. The summed E-state index contributed by atoms with van der Waals surface area (Å²) in [7, 11) is 6.52. The van der Waals surface area contributed by atoms with Gasteiger partial charge in [-0.25, -0.2) is 0 Å². The van der Waals surface area contributed by atoms with Crippen LogP contribution in [-0.4, -0.2) is 38.2 Å². The zero-order chi connectivity index (χ0) is 15.3. The molecule has 1 N–H and O–H groups in total. The molecule has 0 heterocycles. The lowest BCUT2D eigenvalue weighted by molar-refractivity contribution is 0.0582. The quantitative estimate of drug-likeness (QED) is 0.866. The summed E-state index contributed by atoms with van der Waals surface area (Å²) in [6, 6.07) is 8.79. The highest BCUT2D eigenvalue weighted by molar-refractivity contribution is 5.38. The second kappa shape index (κ2) is 7.28. The van der Waals surface area contributed by atoms with Gasteiger partial charge >= 0.3 is 0 Å². The van der Waals surface area contributed by atoms with Crippen LogP contribution in [0, 0.1) is 0 Å². The van der Waals surface area contributed by atoms with Crippen molar-refractivity contribution in [2.45, 2.75) is 50.6 Å². The van der Waals surface area contributed by atoms with Gasteiger partial charge in [-0.2, -0.15) is 0 Å². The molecular formula is C18H30N2O. The van der Waals surface area contributed by atoms with E-state index < -0.39 is 0 Å². The molecule has 3 nitrogen and oxygen atoms in total. The Morgan fingerprint density at radius 1 is 1.19 bits per heavy atom. The molecule has 0 aliphatic heterocycles. The number of benzene rings is 1. The number of hydrogen-bond acceptors (Lipinski definition) is 3. The third-order valence-corrected chi connectivity index (χ3v) is 4.97. The molecule has 21 heavy (non-hydrogen) atoms. The zero-order valence-corrected chi connectivity index (χ0v) is 14.0. The summed E-state index contributed by atoms with van der Waals surface area (Å²) in [4.78, 5) is 2.43. The number of nitrogens with zero attached hydrogens (tertiary/aromatic N) is 1. The third-order valence-electron chi connectivity index (χ3n) is 4.97. The molecule has 1 unspecified atom stereocenters. The fraction of sp³-hybridized carbons (Fsp3) is 0.667. The normalized spacial score (nSPS) is 19.5. The highest BCUT2D eigenvalue weighted by Gasteiger charge is 2.42. The summed E-state index contributed by atoms with van der Waals surface area (Å²) in [6.07, 6.45) is 6.47. The monoisotopic (exact) mass is 290 g/mol. The van der Waals surface area contributed by atoms with Crippen LogP contribution < -0.4 is 10.1 Å². The number of para-hydroxylation sites is 1. The molecule has 0 saturated heterocycles. The van der Waals surface area contributed by atoms with E-state index in [0.29, 0.717) is 12.6 Å². The molecule has 1 aliphatic rings. The van der Waals surface area contributed by atoms with Crippen molar-refractivity contribution in [3.05, 3.63) is 29.8 Å². The predicted octanol–water partition coefficient (Wildman–Crippen LogP) is 3.61. The molecule has 0 radical (unpaired) electrons. The highest BCUT2D eigenvalue weighted by atomic mass is 16.5. The lowest BCUT2D eigenvalue weighted by Gasteiger charge is -2.49. The third kappa shape index (κ3) is 3.24. The van der Waals surface area contributed by atoms with Crippen LogP contribution in [0.15, 0.2) is 24.3 Å². The molecule has 1 aromatic carbocycles. The van der Waals surface area contributed by atoms with Crippen LogP contribution in [0.1, 0.15) is 50.6 Å². The smallest absolute Gasteiger partial charge is 0.124 e. The molecule has 1 aliphatic carbocycles. The van der Waals surface area contributed by atoms with Crippen LogP contribution in [0.5, 0.6) is 5.75 Å². The minimum absolute atomic E-state index is 0.181. The van der Waals surface area contributed by atoms with Crippen LogP contribution in [0.2, 0.25) is 0 Å². The molecule has 0 bridgehead atoms. The van der Waals surface area contributed by atoms with Crippen molar-refractivity contribution in [1.29, 1.82) is 0 Å². The second-order valence-corrected chi connectivity index (χ2v) is 6.25. The van der Waals surface area contributed by atoms with Gasteiger partial charge < -0.3 is 15.0 Å². The van der Waals surface area contributed by atoms with E-state index in [1.165, 1.54) is 37.7 Å². The van der Waals surface area contributed by atoms with Crippen molar-refractivity contribution >= 4 is 0 Å². The van der Waals surface area contributed by atoms with Gasteiger partial charge in [0.2, 0.25) is 0 Å². The van der Waals surface area contributed by atoms with E-state index in [9.17, 15) is 0 Å². The summed E-state index contributed by atoms with van der Waals surface area (Å²) in [5.74, 6) is 1.02. The van der Waals surface area contributed by atoms with Crippen molar-refractivity contribution in [2.24, 2.45) is 0 Å². The number of ether oxygens (including phenoxy) is 1. The first-order valence-electron chi connectivity index (χ1n) is 8.22. The SMILES string of the molecule is CCOc1ccccc1C(NC)C1(N(C)C)CCCCC1. The lowest BCUT2D eigenvalue weighted by Crippen LogP contribution is -2.54. The first-order chi connectivity index (χ1) is 10.2. The summed E-state index contributed by atoms with van der Waals surface area (Å²) in [6.45, 7) is 2.76. The fourth-order valence-electron chi connectivity index (χ4n) is 3.88. The largest absolute Gasteiger partial charge is 0.494 e. The van der Waals surface area contributed by atoms with Crippen LogP contribution in [0.25, 0.3) is 0 Å². The highest BCUT2D eigenvalue weighted by Crippen LogP contribution is 2.44. The van der Waals surface area contributed by atoms with E-state index in [0.717, 1.165) is 5.75 Å². The van der Waals surface area contributed by atoms with E-state index in [4.69, 9.17) is 4.74 Å². The van der Waals surface area contributed by atoms with Gasteiger partial charge in [0.05, 0.1) is 12.6 Å². The van der Waals surface area contributed by atoms with Crippen LogP contribution in [-0.2, 0) is 0 Å². The Balaban J connectivity index is 2.41. The first kappa shape index (κ1) is 16.3. The lowest BCUT2D eigenvalue weighted by atomic mass is 9.73. The molecule has 1 aromatic rings. The second-order valence-electron chi connectivity index (χ2n) is 6.25. The molecule has 1 saturated carbocycles. The molecule has 1 fully saturated rings. The van der Waals surface area contributed by atoms with Crippen LogP contribution in [0.3, 0.4) is 0 Å². The van der Waals surface area contributed by atoms with Crippen LogP contribution in [0.4, 0.5) is 0 Å². The Morgan fingerprint density at radius 3 is 2.43 bits per heavy atom. The molecule has 0 amide bonds. The maximum Gasteiger partial charge on any atom is 0.124 e. The molecule has 2 rings (SSSR count). The van der Waals surface area contributed by atoms with Crippen molar-refractivity contribution in [1.82, 2.24) is 10.2 Å². The summed E-state index contributed by atoms with van der Waals surface area (Å²) < 4.78 is 5.88. The molecule has 1 atom stereocenters. The molecule has 0 spiro atoms. The van der Waals surface area contributed by atoms with Gasteiger partial charge in [-0.15, -0.1) is 0 Å². The minimum Gasteiger partial charge on any atom is -0.494 e. The zero-order valence-electron chi connectivity index (χ0n) is 14.0. The van der Waals surface area contributed by atoms with Crippen molar-refractivity contribution < 1.29 is 4.74 Å². The van der Waals surface area contributed by atoms with Gasteiger partial charge in [-0.1, -0.05) is 37.5 Å². The van der Waals surface area contributed by atoms with E-state index in [1.807, 2.05) is 6.92 Å². The minimum atomic E-state index is 0.181.